The standard InChI is InChI=1S/C25H23F3N2O4/c1-15-12-20(31)22(29-30(15)19-7-5-6-18(13-19)25(26,27)28)23(33)34-14-21(32)16-8-10-17(11-9-16)24(2,3)4/h5-13H,14H2,1-4H3. The molecule has 0 bridgehead atoms. The SMILES string of the molecule is Cc1cc(=O)c(C(=O)OCC(=O)c2ccc(C(C)(C)C)cc2)nn1-c1cccc(C(F)(F)F)c1. The number of aryl methyl sites for hydroxylation is 1. The van der Waals surface area contributed by atoms with Crippen LogP contribution in [0.5, 0.6) is 0 Å². The molecule has 0 aliphatic rings. The van der Waals surface area contributed by atoms with Crippen molar-refractivity contribution in [3.05, 3.63) is 92.9 Å². The Morgan fingerprint density at radius 2 is 1.62 bits per heavy atom. The highest BCUT2D eigenvalue weighted by Gasteiger charge is 2.30. The van der Waals surface area contributed by atoms with E-state index in [1.54, 1.807) is 12.1 Å². The van der Waals surface area contributed by atoms with Gasteiger partial charge in [-0.3, -0.25) is 9.59 Å². The molecule has 34 heavy (non-hydrogen) atoms. The Bertz CT molecular complexity index is 1290. The molecule has 0 saturated heterocycles. The molecule has 0 fully saturated rings. The number of benzene rings is 2. The highest BCUT2D eigenvalue weighted by molar-refractivity contribution is 5.99. The molecule has 2 aromatic carbocycles. The van der Waals surface area contributed by atoms with Gasteiger partial charge >= 0.3 is 12.1 Å². The third-order valence-electron chi connectivity index (χ3n) is 5.13. The van der Waals surface area contributed by atoms with Gasteiger partial charge in [-0.15, -0.1) is 0 Å². The van der Waals surface area contributed by atoms with Gasteiger partial charge in [0.15, 0.2) is 12.4 Å². The minimum Gasteiger partial charge on any atom is -0.452 e. The fourth-order valence-corrected chi connectivity index (χ4v) is 3.20. The molecule has 0 aliphatic heterocycles. The molecule has 0 spiro atoms. The molecule has 1 heterocycles. The number of ether oxygens (including phenoxy) is 1. The van der Waals surface area contributed by atoms with Crippen LogP contribution < -0.4 is 5.43 Å². The summed E-state index contributed by atoms with van der Waals surface area (Å²) >= 11 is 0. The Morgan fingerprint density at radius 1 is 0.971 bits per heavy atom. The van der Waals surface area contributed by atoms with Crippen molar-refractivity contribution in [2.45, 2.75) is 39.3 Å². The first kappa shape index (κ1) is 24.9. The lowest BCUT2D eigenvalue weighted by atomic mass is 9.86. The van der Waals surface area contributed by atoms with E-state index in [0.717, 1.165) is 28.4 Å². The van der Waals surface area contributed by atoms with Crippen molar-refractivity contribution in [3.63, 3.8) is 0 Å². The van der Waals surface area contributed by atoms with E-state index in [4.69, 9.17) is 4.74 Å². The first-order valence-corrected chi connectivity index (χ1v) is 10.4. The van der Waals surface area contributed by atoms with E-state index in [0.29, 0.717) is 5.56 Å². The number of rotatable bonds is 5. The molecule has 0 radical (unpaired) electrons. The van der Waals surface area contributed by atoms with Gasteiger partial charge in [-0.1, -0.05) is 51.1 Å². The second-order valence-electron chi connectivity index (χ2n) is 8.79. The van der Waals surface area contributed by atoms with Crippen LogP contribution in [0.15, 0.2) is 59.4 Å². The number of carbonyl (C=O) groups excluding carboxylic acids is 2. The van der Waals surface area contributed by atoms with Gasteiger partial charge < -0.3 is 4.74 Å². The van der Waals surface area contributed by atoms with E-state index in [9.17, 15) is 27.6 Å². The van der Waals surface area contributed by atoms with E-state index in [-0.39, 0.29) is 16.8 Å². The van der Waals surface area contributed by atoms with Gasteiger partial charge in [-0.05, 0) is 36.1 Å². The maximum absolute atomic E-state index is 13.1. The molecular weight excluding hydrogens is 449 g/mol. The first-order chi connectivity index (χ1) is 15.8. The monoisotopic (exact) mass is 472 g/mol. The van der Waals surface area contributed by atoms with Gasteiger partial charge in [0, 0.05) is 17.3 Å². The summed E-state index contributed by atoms with van der Waals surface area (Å²) in [4.78, 5) is 37.2. The molecule has 0 unspecified atom stereocenters. The molecule has 0 atom stereocenters. The Morgan fingerprint density at radius 3 is 2.21 bits per heavy atom. The van der Waals surface area contributed by atoms with Gasteiger partial charge in [-0.2, -0.15) is 18.3 Å². The van der Waals surface area contributed by atoms with E-state index >= 15 is 0 Å². The largest absolute Gasteiger partial charge is 0.452 e. The number of hydrogen-bond acceptors (Lipinski definition) is 5. The Balaban J connectivity index is 1.81. The van der Waals surface area contributed by atoms with E-state index < -0.39 is 41.2 Å². The number of hydrogen-bond donors (Lipinski definition) is 0. The van der Waals surface area contributed by atoms with E-state index in [1.165, 1.54) is 19.1 Å². The molecule has 178 valence electrons. The number of Topliss-reactive ketones (excluding diaryl/α,β-unsaturated/α-hetero) is 1. The number of carbonyl (C=O) groups is 2. The van der Waals surface area contributed by atoms with Crippen molar-refractivity contribution in [1.82, 2.24) is 9.78 Å². The normalized spacial score (nSPS) is 11.9. The Hall–Kier alpha value is -3.75. The maximum Gasteiger partial charge on any atom is 0.416 e. The lowest BCUT2D eigenvalue weighted by Crippen LogP contribution is -2.26. The Kier molecular flexibility index (Phi) is 6.77. The van der Waals surface area contributed by atoms with Crippen LogP contribution in [0.1, 0.15) is 58.4 Å². The van der Waals surface area contributed by atoms with E-state index in [1.807, 2.05) is 32.9 Å². The van der Waals surface area contributed by atoms with Gasteiger partial charge in [0.2, 0.25) is 11.1 Å². The third kappa shape index (κ3) is 5.59. The van der Waals surface area contributed by atoms with Crippen LogP contribution in [0.4, 0.5) is 13.2 Å². The van der Waals surface area contributed by atoms with Gasteiger partial charge in [0.05, 0.1) is 11.3 Å². The van der Waals surface area contributed by atoms with Crippen molar-refractivity contribution in [1.29, 1.82) is 0 Å². The lowest BCUT2D eigenvalue weighted by Gasteiger charge is -2.18. The maximum atomic E-state index is 13.1. The summed E-state index contributed by atoms with van der Waals surface area (Å²) in [6.07, 6.45) is -4.57. The molecule has 3 rings (SSSR count). The third-order valence-corrected chi connectivity index (χ3v) is 5.13. The average molecular weight is 472 g/mol. The number of ketones is 1. The summed E-state index contributed by atoms with van der Waals surface area (Å²) < 4.78 is 45.2. The van der Waals surface area contributed by atoms with Crippen molar-refractivity contribution < 1.29 is 27.5 Å². The van der Waals surface area contributed by atoms with Crippen LogP contribution in [0.2, 0.25) is 0 Å². The van der Waals surface area contributed by atoms with Crippen molar-refractivity contribution >= 4 is 11.8 Å². The molecule has 0 aliphatic carbocycles. The van der Waals surface area contributed by atoms with E-state index in [2.05, 4.69) is 5.10 Å². The topological polar surface area (TPSA) is 78.3 Å². The molecule has 6 nitrogen and oxygen atoms in total. The second kappa shape index (κ2) is 9.24. The molecular formula is C25H23F3N2O4. The van der Waals surface area contributed by atoms with Crippen LogP contribution in [0, 0.1) is 6.92 Å². The van der Waals surface area contributed by atoms with Crippen molar-refractivity contribution in [3.8, 4) is 5.69 Å². The summed E-state index contributed by atoms with van der Waals surface area (Å²) in [5.41, 5.74) is -0.819. The summed E-state index contributed by atoms with van der Waals surface area (Å²) in [6.45, 7) is 6.95. The van der Waals surface area contributed by atoms with Crippen molar-refractivity contribution in [2.24, 2.45) is 0 Å². The fourth-order valence-electron chi connectivity index (χ4n) is 3.20. The minimum absolute atomic E-state index is 0.0105. The van der Waals surface area contributed by atoms with Gasteiger partial charge in [0.1, 0.15) is 0 Å². The quantitative estimate of drug-likeness (QED) is 0.390. The van der Waals surface area contributed by atoms with Crippen LogP contribution in [-0.4, -0.2) is 28.1 Å². The number of alkyl halides is 3. The smallest absolute Gasteiger partial charge is 0.416 e. The number of esters is 1. The lowest BCUT2D eigenvalue weighted by molar-refractivity contribution is -0.137. The predicted molar refractivity (Wildman–Crippen MR) is 119 cm³/mol. The fraction of sp³-hybridized carbons (Fsp3) is 0.280. The molecule has 9 heteroatoms. The average Bonchev–Trinajstić information content (AvgIpc) is 2.76. The van der Waals surface area contributed by atoms with Gasteiger partial charge in [-0.25, -0.2) is 9.48 Å². The number of aromatic nitrogens is 2. The zero-order chi connectivity index (χ0) is 25.3. The van der Waals surface area contributed by atoms with Crippen LogP contribution in [0.25, 0.3) is 5.69 Å². The van der Waals surface area contributed by atoms with Crippen LogP contribution in [0.3, 0.4) is 0 Å². The molecule has 0 amide bonds. The minimum atomic E-state index is -4.57. The predicted octanol–water partition coefficient (Wildman–Crippen LogP) is 4.90. The van der Waals surface area contributed by atoms with Crippen molar-refractivity contribution in [2.75, 3.05) is 6.61 Å². The zero-order valence-corrected chi connectivity index (χ0v) is 19.1. The molecule has 0 saturated carbocycles. The molecule has 0 N–H and O–H groups in total. The Labute approximate surface area is 194 Å². The van der Waals surface area contributed by atoms with Gasteiger partial charge in [0.25, 0.3) is 0 Å². The zero-order valence-electron chi connectivity index (χ0n) is 19.1. The van der Waals surface area contributed by atoms with Crippen LogP contribution in [-0.2, 0) is 16.3 Å². The molecule has 3 aromatic rings. The number of nitrogens with zero attached hydrogens (tertiary/aromatic N) is 2. The summed E-state index contributed by atoms with van der Waals surface area (Å²) in [7, 11) is 0. The second-order valence-corrected chi connectivity index (χ2v) is 8.79. The molecule has 1 aromatic heterocycles. The summed E-state index contributed by atoms with van der Waals surface area (Å²) in [5.74, 6) is -1.62. The highest BCUT2D eigenvalue weighted by Crippen LogP contribution is 2.30. The van der Waals surface area contributed by atoms with Crippen LogP contribution >= 0.6 is 0 Å². The number of halogens is 3. The summed E-state index contributed by atoms with van der Waals surface area (Å²) in [6, 6.07) is 12.2. The highest BCUT2D eigenvalue weighted by atomic mass is 19.4. The first-order valence-electron chi connectivity index (χ1n) is 10.4. The summed E-state index contributed by atoms with van der Waals surface area (Å²) in [5, 5.41) is 3.91.